The molecule has 0 aliphatic rings. The minimum atomic E-state index is 0.333. The molecule has 108 valence electrons. The maximum atomic E-state index is 6.05. The lowest BCUT2D eigenvalue weighted by Crippen LogP contribution is -2.33. The second kappa shape index (κ2) is 7.06. The SMILES string of the molecule is Cc1cc(C)c(C(CN)N(C)CCC(C)C)c(C)c1. The van der Waals surface area contributed by atoms with Gasteiger partial charge in [0.05, 0.1) is 0 Å². The van der Waals surface area contributed by atoms with E-state index in [1.807, 2.05) is 0 Å². The molecule has 2 heteroatoms. The van der Waals surface area contributed by atoms with Crippen LogP contribution in [0.4, 0.5) is 0 Å². The van der Waals surface area contributed by atoms with E-state index < -0.39 is 0 Å². The Morgan fingerprint density at radius 1 is 1.11 bits per heavy atom. The average molecular weight is 262 g/mol. The second-order valence-corrected chi connectivity index (χ2v) is 6.23. The molecule has 1 rings (SSSR count). The molecule has 1 atom stereocenters. The van der Waals surface area contributed by atoms with Gasteiger partial charge in [0.1, 0.15) is 0 Å². The average Bonchev–Trinajstić information content (AvgIpc) is 2.30. The first-order valence-corrected chi connectivity index (χ1v) is 7.34. The van der Waals surface area contributed by atoms with Crippen molar-refractivity contribution in [3.05, 3.63) is 34.4 Å². The molecule has 0 radical (unpaired) electrons. The number of benzene rings is 1. The van der Waals surface area contributed by atoms with Crippen molar-refractivity contribution in [3.8, 4) is 0 Å². The molecule has 0 bridgehead atoms. The summed E-state index contributed by atoms with van der Waals surface area (Å²) >= 11 is 0. The molecular formula is C17H30N2. The second-order valence-electron chi connectivity index (χ2n) is 6.23. The zero-order valence-corrected chi connectivity index (χ0v) is 13.5. The third kappa shape index (κ3) is 4.32. The molecule has 0 spiro atoms. The lowest BCUT2D eigenvalue weighted by atomic mass is 9.93. The van der Waals surface area contributed by atoms with E-state index in [0.29, 0.717) is 12.6 Å². The van der Waals surface area contributed by atoms with Crippen LogP contribution in [0.25, 0.3) is 0 Å². The topological polar surface area (TPSA) is 29.3 Å². The summed E-state index contributed by atoms with van der Waals surface area (Å²) in [5.41, 5.74) is 11.5. The molecule has 1 aromatic carbocycles. The largest absolute Gasteiger partial charge is 0.329 e. The van der Waals surface area contributed by atoms with E-state index in [-0.39, 0.29) is 0 Å². The molecule has 0 fully saturated rings. The quantitative estimate of drug-likeness (QED) is 0.849. The number of hydrogen-bond acceptors (Lipinski definition) is 2. The third-order valence-corrected chi connectivity index (χ3v) is 3.89. The van der Waals surface area contributed by atoms with E-state index in [2.05, 4.69) is 58.7 Å². The van der Waals surface area contributed by atoms with Crippen molar-refractivity contribution in [1.82, 2.24) is 4.90 Å². The normalized spacial score (nSPS) is 13.3. The summed E-state index contributed by atoms with van der Waals surface area (Å²) in [6.07, 6.45) is 1.22. The minimum Gasteiger partial charge on any atom is -0.329 e. The van der Waals surface area contributed by atoms with Gasteiger partial charge in [0.15, 0.2) is 0 Å². The van der Waals surface area contributed by atoms with Crippen LogP contribution in [0.3, 0.4) is 0 Å². The molecule has 0 aliphatic heterocycles. The fourth-order valence-electron chi connectivity index (χ4n) is 2.85. The Morgan fingerprint density at radius 3 is 2.05 bits per heavy atom. The highest BCUT2D eigenvalue weighted by Gasteiger charge is 2.19. The van der Waals surface area contributed by atoms with Crippen LogP contribution < -0.4 is 5.73 Å². The van der Waals surface area contributed by atoms with Crippen molar-refractivity contribution in [2.45, 2.75) is 47.1 Å². The van der Waals surface area contributed by atoms with Crippen LogP contribution in [0.15, 0.2) is 12.1 Å². The van der Waals surface area contributed by atoms with Gasteiger partial charge in [-0.25, -0.2) is 0 Å². The first-order valence-electron chi connectivity index (χ1n) is 7.34. The van der Waals surface area contributed by atoms with Gasteiger partial charge in [0, 0.05) is 12.6 Å². The molecule has 2 nitrogen and oxygen atoms in total. The molecular weight excluding hydrogens is 232 g/mol. The smallest absolute Gasteiger partial charge is 0.0472 e. The van der Waals surface area contributed by atoms with E-state index >= 15 is 0 Å². The number of aryl methyl sites for hydroxylation is 3. The summed E-state index contributed by atoms with van der Waals surface area (Å²) in [5.74, 6) is 0.737. The molecule has 0 aliphatic carbocycles. The standard InChI is InChI=1S/C17H30N2/c1-12(2)7-8-19(6)16(11-18)17-14(4)9-13(3)10-15(17)5/h9-10,12,16H,7-8,11,18H2,1-6H3. The Balaban J connectivity index is 2.97. The van der Waals surface area contributed by atoms with Gasteiger partial charge in [-0.3, -0.25) is 4.90 Å². The van der Waals surface area contributed by atoms with Crippen LogP contribution in [-0.4, -0.2) is 25.0 Å². The molecule has 0 heterocycles. The van der Waals surface area contributed by atoms with Crippen molar-refractivity contribution < 1.29 is 0 Å². The van der Waals surface area contributed by atoms with Crippen molar-refractivity contribution in [1.29, 1.82) is 0 Å². The van der Waals surface area contributed by atoms with Crippen LogP contribution in [0.1, 0.15) is 48.6 Å². The van der Waals surface area contributed by atoms with Crippen molar-refractivity contribution in [3.63, 3.8) is 0 Å². The Morgan fingerprint density at radius 2 is 1.63 bits per heavy atom. The lowest BCUT2D eigenvalue weighted by Gasteiger charge is -2.30. The number of likely N-dealkylation sites (N-methyl/N-ethyl adjacent to an activating group) is 1. The summed E-state index contributed by atoms with van der Waals surface area (Å²) in [5, 5.41) is 0. The van der Waals surface area contributed by atoms with Crippen LogP contribution in [-0.2, 0) is 0 Å². The number of rotatable bonds is 6. The van der Waals surface area contributed by atoms with Crippen molar-refractivity contribution in [2.24, 2.45) is 11.7 Å². The van der Waals surface area contributed by atoms with E-state index in [1.165, 1.54) is 28.7 Å². The van der Waals surface area contributed by atoms with Crippen LogP contribution in [0.5, 0.6) is 0 Å². The highest BCUT2D eigenvalue weighted by molar-refractivity contribution is 5.39. The van der Waals surface area contributed by atoms with E-state index in [0.717, 1.165) is 12.5 Å². The maximum absolute atomic E-state index is 6.05. The molecule has 0 saturated heterocycles. The first-order chi connectivity index (χ1) is 8.86. The van der Waals surface area contributed by atoms with Gasteiger partial charge < -0.3 is 5.73 Å². The fourth-order valence-corrected chi connectivity index (χ4v) is 2.85. The van der Waals surface area contributed by atoms with Gasteiger partial charge in [-0.2, -0.15) is 0 Å². The van der Waals surface area contributed by atoms with Gasteiger partial charge in [-0.15, -0.1) is 0 Å². The summed E-state index contributed by atoms with van der Waals surface area (Å²) in [4.78, 5) is 2.41. The Kier molecular flexibility index (Phi) is 6.02. The summed E-state index contributed by atoms with van der Waals surface area (Å²) in [6, 6.07) is 4.86. The van der Waals surface area contributed by atoms with Gasteiger partial charge in [-0.1, -0.05) is 31.5 Å². The summed E-state index contributed by atoms with van der Waals surface area (Å²) in [6.45, 7) is 12.9. The van der Waals surface area contributed by atoms with Crippen LogP contribution in [0.2, 0.25) is 0 Å². The predicted molar refractivity (Wildman–Crippen MR) is 84.5 cm³/mol. The molecule has 0 saturated carbocycles. The van der Waals surface area contributed by atoms with Crippen LogP contribution in [0, 0.1) is 26.7 Å². The highest BCUT2D eigenvalue weighted by Crippen LogP contribution is 2.27. The predicted octanol–water partition coefficient (Wildman–Crippen LogP) is 3.59. The molecule has 2 N–H and O–H groups in total. The third-order valence-electron chi connectivity index (χ3n) is 3.89. The number of hydrogen-bond donors (Lipinski definition) is 1. The van der Waals surface area contributed by atoms with Crippen LogP contribution >= 0.6 is 0 Å². The minimum absolute atomic E-state index is 0.333. The van der Waals surface area contributed by atoms with Gasteiger partial charge >= 0.3 is 0 Å². The van der Waals surface area contributed by atoms with Gasteiger partial charge in [0.25, 0.3) is 0 Å². The fraction of sp³-hybridized carbons (Fsp3) is 0.647. The summed E-state index contributed by atoms with van der Waals surface area (Å²) < 4.78 is 0. The molecule has 0 aromatic heterocycles. The molecule has 0 amide bonds. The maximum Gasteiger partial charge on any atom is 0.0472 e. The summed E-state index contributed by atoms with van der Waals surface area (Å²) in [7, 11) is 2.19. The monoisotopic (exact) mass is 262 g/mol. The van der Waals surface area contributed by atoms with Gasteiger partial charge in [0.2, 0.25) is 0 Å². The van der Waals surface area contributed by atoms with Crippen molar-refractivity contribution >= 4 is 0 Å². The molecule has 19 heavy (non-hydrogen) atoms. The zero-order valence-electron chi connectivity index (χ0n) is 13.5. The van der Waals surface area contributed by atoms with Gasteiger partial charge in [-0.05, 0) is 63.4 Å². The van der Waals surface area contributed by atoms with Crippen molar-refractivity contribution in [2.75, 3.05) is 20.1 Å². The number of nitrogens with zero attached hydrogens (tertiary/aromatic N) is 1. The van der Waals surface area contributed by atoms with E-state index in [4.69, 9.17) is 5.73 Å². The molecule has 1 aromatic rings. The Labute approximate surface area is 119 Å². The highest BCUT2D eigenvalue weighted by atomic mass is 15.1. The first kappa shape index (κ1) is 16.2. The zero-order chi connectivity index (χ0) is 14.6. The number of nitrogens with two attached hydrogens (primary N) is 1. The Bertz CT molecular complexity index is 387. The Hall–Kier alpha value is -0.860. The lowest BCUT2D eigenvalue weighted by molar-refractivity contribution is 0.235. The van der Waals surface area contributed by atoms with E-state index in [9.17, 15) is 0 Å². The molecule has 1 unspecified atom stereocenters. The van der Waals surface area contributed by atoms with E-state index in [1.54, 1.807) is 0 Å².